The van der Waals surface area contributed by atoms with E-state index in [1.165, 1.54) is 11.1 Å². The van der Waals surface area contributed by atoms with Gasteiger partial charge in [0.05, 0.1) is 19.3 Å². The van der Waals surface area contributed by atoms with E-state index in [4.69, 9.17) is 9.84 Å². The van der Waals surface area contributed by atoms with Gasteiger partial charge in [-0.1, -0.05) is 6.07 Å². The molecule has 0 aliphatic carbocycles. The van der Waals surface area contributed by atoms with Crippen molar-refractivity contribution in [2.24, 2.45) is 0 Å². The van der Waals surface area contributed by atoms with Crippen molar-refractivity contribution in [2.75, 3.05) is 13.2 Å². The molecule has 2 heterocycles. The average molecular weight is 287 g/mol. The van der Waals surface area contributed by atoms with E-state index in [-0.39, 0.29) is 36.7 Å². The van der Waals surface area contributed by atoms with Gasteiger partial charge in [0.25, 0.3) is 5.91 Å². The molecule has 7 heteroatoms. The number of carbonyl (C=O) groups is 2. The van der Waals surface area contributed by atoms with Crippen LogP contribution >= 0.6 is 12.4 Å². The summed E-state index contributed by atoms with van der Waals surface area (Å²) in [5.41, 5.74) is 0.248. The summed E-state index contributed by atoms with van der Waals surface area (Å²) in [7, 11) is 0. The zero-order valence-electron chi connectivity index (χ0n) is 10.4. The summed E-state index contributed by atoms with van der Waals surface area (Å²) in [6.07, 6.45) is 1.51. The molecule has 0 spiro atoms. The Kier molecular flexibility index (Phi) is 5.26. The van der Waals surface area contributed by atoms with Crippen LogP contribution in [0.15, 0.2) is 24.4 Å². The highest BCUT2D eigenvalue weighted by Crippen LogP contribution is 2.16. The number of morpholine rings is 1. The number of halogens is 1. The molecule has 0 saturated carbocycles. The Labute approximate surface area is 116 Å². The van der Waals surface area contributed by atoms with Gasteiger partial charge in [-0.3, -0.25) is 9.78 Å². The summed E-state index contributed by atoms with van der Waals surface area (Å²) < 4.78 is 5.18. The molecule has 0 bridgehead atoms. The van der Waals surface area contributed by atoms with Crippen LogP contribution in [0.3, 0.4) is 0 Å². The number of pyridine rings is 1. The molecular formula is C12H15ClN2O4. The molecule has 19 heavy (non-hydrogen) atoms. The Hall–Kier alpha value is -1.66. The summed E-state index contributed by atoms with van der Waals surface area (Å²) in [4.78, 5) is 28.7. The molecule has 2 atom stereocenters. The monoisotopic (exact) mass is 286 g/mol. The molecule has 1 aliphatic heterocycles. The molecule has 6 nitrogen and oxygen atoms in total. The lowest BCUT2D eigenvalue weighted by Gasteiger charge is -2.37. The van der Waals surface area contributed by atoms with Gasteiger partial charge in [-0.05, 0) is 19.1 Å². The number of carboxylic acid groups (broad SMARTS) is 1. The minimum absolute atomic E-state index is 0. The lowest BCUT2D eigenvalue weighted by Crippen LogP contribution is -2.57. The molecule has 1 aromatic rings. The van der Waals surface area contributed by atoms with Crippen LogP contribution in [-0.2, 0) is 9.53 Å². The van der Waals surface area contributed by atoms with Crippen molar-refractivity contribution in [3.63, 3.8) is 0 Å². The molecule has 0 radical (unpaired) electrons. The number of carboxylic acids is 1. The second kappa shape index (κ2) is 6.49. The maximum atomic E-state index is 12.3. The molecule has 104 valence electrons. The number of hydrogen-bond donors (Lipinski definition) is 1. The standard InChI is InChI=1S/C12H14N2O4.ClH/c1-8-6-18-7-10(12(16)17)14(8)11(15)9-4-2-3-5-13-9;/h2-5,8,10H,6-7H2,1H3,(H,16,17);1H/t8-,10-;/m0./s1. The van der Waals surface area contributed by atoms with Crippen molar-refractivity contribution in [3.8, 4) is 0 Å². The number of hydrogen-bond acceptors (Lipinski definition) is 4. The van der Waals surface area contributed by atoms with Gasteiger partial charge >= 0.3 is 5.97 Å². The number of aliphatic carboxylic acids is 1. The van der Waals surface area contributed by atoms with Crippen LogP contribution in [0.4, 0.5) is 0 Å². The first-order chi connectivity index (χ1) is 8.61. The zero-order valence-corrected chi connectivity index (χ0v) is 11.2. The Balaban J connectivity index is 0.00000180. The fraction of sp³-hybridized carbons (Fsp3) is 0.417. The van der Waals surface area contributed by atoms with Crippen LogP contribution in [0.5, 0.6) is 0 Å². The van der Waals surface area contributed by atoms with Gasteiger partial charge in [0.15, 0.2) is 6.04 Å². The number of carbonyl (C=O) groups excluding carboxylic acids is 1. The summed E-state index contributed by atoms with van der Waals surface area (Å²) in [5.74, 6) is -1.44. The van der Waals surface area contributed by atoms with Crippen LogP contribution in [-0.4, -0.2) is 52.2 Å². The molecule has 1 aliphatic rings. The van der Waals surface area contributed by atoms with Crippen molar-refractivity contribution >= 4 is 24.3 Å². The lowest BCUT2D eigenvalue weighted by atomic mass is 10.1. The van der Waals surface area contributed by atoms with Gasteiger partial charge < -0.3 is 14.7 Å². The minimum atomic E-state index is -1.06. The molecule has 1 amide bonds. The fourth-order valence-corrected chi connectivity index (χ4v) is 1.97. The smallest absolute Gasteiger partial charge is 0.328 e. The van der Waals surface area contributed by atoms with Crippen molar-refractivity contribution in [1.29, 1.82) is 0 Å². The van der Waals surface area contributed by atoms with Gasteiger partial charge in [-0.25, -0.2) is 4.79 Å². The molecule has 2 rings (SSSR count). The van der Waals surface area contributed by atoms with E-state index in [9.17, 15) is 9.59 Å². The molecular weight excluding hydrogens is 272 g/mol. The summed E-state index contributed by atoms with van der Waals surface area (Å²) in [6, 6.07) is 3.73. The van der Waals surface area contributed by atoms with Gasteiger partial charge in [0.2, 0.25) is 0 Å². The highest BCUT2D eigenvalue weighted by atomic mass is 35.5. The topological polar surface area (TPSA) is 79.7 Å². The highest BCUT2D eigenvalue weighted by molar-refractivity contribution is 5.95. The number of nitrogens with zero attached hydrogens (tertiary/aromatic N) is 2. The quantitative estimate of drug-likeness (QED) is 0.870. The van der Waals surface area contributed by atoms with E-state index >= 15 is 0 Å². The number of ether oxygens (including phenoxy) is 1. The van der Waals surface area contributed by atoms with Gasteiger partial charge in [-0.2, -0.15) is 0 Å². The van der Waals surface area contributed by atoms with E-state index in [0.717, 1.165) is 0 Å². The molecule has 1 N–H and O–H groups in total. The van der Waals surface area contributed by atoms with E-state index in [2.05, 4.69) is 4.98 Å². The number of amides is 1. The maximum Gasteiger partial charge on any atom is 0.328 e. The van der Waals surface area contributed by atoms with Crippen molar-refractivity contribution in [2.45, 2.75) is 19.0 Å². The molecule has 1 saturated heterocycles. The predicted molar refractivity (Wildman–Crippen MR) is 69.4 cm³/mol. The first-order valence-electron chi connectivity index (χ1n) is 5.65. The SMILES string of the molecule is C[C@H]1COC[C@@H](C(=O)O)N1C(=O)c1ccccn1.Cl. The second-order valence-electron chi connectivity index (χ2n) is 4.17. The van der Waals surface area contributed by atoms with Crippen LogP contribution in [0.1, 0.15) is 17.4 Å². The minimum Gasteiger partial charge on any atom is -0.480 e. The first kappa shape index (κ1) is 15.4. The predicted octanol–water partition coefficient (Wildman–Crippen LogP) is 0.817. The normalized spacial score (nSPS) is 22.5. The molecule has 0 unspecified atom stereocenters. The highest BCUT2D eigenvalue weighted by Gasteiger charge is 2.37. The summed E-state index contributed by atoms with van der Waals surface area (Å²) in [5, 5.41) is 9.13. The van der Waals surface area contributed by atoms with Gasteiger partial charge in [0.1, 0.15) is 5.69 Å². The third-order valence-electron chi connectivity index (χ3n) is 2.85. The summed E-state index contributed by atoms with van der Waals surface area (Å²) >= 11 is 0. The molecule has 1 fully saturated rings. The first-order valence-corrected chi connectivity index (χ1v) is 5.65. The van der Waals surface area contributed by atoms with Crippen LogP contribution in [0.25, 0.3) is 0 Å². The summed E-state index contributed by atoms with van der Waals surface area (Å²) in [6.45, 7) is 2.11. The lowest BCUT2D eigenvalue weighted by molar-refractivity contribution is -0.150. The van der Waals surface area contributed by atoms with E-state index in [0.29, 0.717) is 6.61 Å². The van der Waals surface area contributed by atoms with Gasteiger partial charge in [-0.15, -0.1) is 12.4 Å². The van der Waals surface area contributed by atoms with Crippen LogP contribution in [0.2, 0.25) is 0 Å². The van der Waals surface area contributed by atoms with Crippen LogP contribution < -0.4 is 0 Å². The Morgan fingerprint density at radius 2 is 2.16 bits per heavy atom. The maximum absolute atomic E-state index is 12.3. The van der Waals surface area contributed by atoms with Crippen molar-refractivity contribution < 1.29 is 19.4 Å². The average Bonchev–Trinajstić information content (AvgIpc) is 2.38. The Bertz CT molecular complexity index is 454. The zero-order chi connectivity index (χ0) is 13.1. The molecule has 0 aromatic carbocycles. The van der Waals surface area contributed by atoms with E-state index < -0.39 is 12.0 Å². The van der Waals surface area contributed by atoms with Crippen LogP contribution in [0, 0.1) is 0 Å². The number of aromatic nitrogens is 1. The van der Waals surface area contributed by atoms with E-state index in [1.807, 2.05) is 0 Å². The Morgan fingerprint density at radius 3 is 2.74 bits per heavy atom. The molecule has 1 aromatic heterocycles. The Morgan fingerprint density at radius 1 is 1.42 bits per heavy atom. The third-order valence-corrected chi connectivity index (χ3v) is 2.85. The largest absolute Gasteiger partial charge is 0.480 e. The number of rotatable bonds is 2. The van der Waals surface area contributed by atoms with Crippen molar-refractivity contribution in [1.82, 2.24) is 9.88 Å². The van der Waals surface area contributed by atoms with Gasteiger partial charge in [0, 0.05) is 6.20 Å². The van der Waals surface area contributed by atoms with Crippen molar-refractivity contribution in [3.05, 3.63) is 30.1 Å². The van der Waals surface area contributed by atoms with E-state index in [1.54, 1.807) is 25.1 Å². The fourth-order valence-electron chi connectivity index (χ4n) is 1.97. The third kappa shape index (κ3) is 3.21. The second-order valence-corrected chi connectivity index (χ2v) is 4.17.